The number of benzene rings is 2. The Bertz CT molecular complexity index is 728. The van der Waals surface area contributed by atoms with Gasteiger partial charge in [0.2, 0.25) is 0 Å². The minimum atomic E-state index is -4.92. The number of nitrogens with one attached hydrogen (secondary N) is 1. The Balaban J connectivity index is 2.06. The highest BCUT2D eigenvalue weighted by Crippen LogP contribution is 2.31. The van der Waals surface area contributed by atoms with Crippen LogP contribution in [0.5, 0.6) is 0 Å². The summed E-state index contributed by atoms with van der Waals surface area (Å²) >= 11 is 0. The van der Waals surface area contributed by atoms with Gasteiger partial charge in [0, 0.05) is 12.1 Å². The van der Waals surface area contributed by atoms with Gasteiger partial charge in [0.1, 0.15) is 11.6 Å². The summed E-state index contributed by atoms with van der Waals surface area (Å²) in [6.07, 6.45) is -6.09. The predicted octanol–water partition coefficient (Wildman–Crippen LogP) is 3.45. The summed E-state index contributed by atoms with van der Waals surface area (Å²) in [7, 11) is 0. The second-order valence-electron chi connectivity index (χ2n) is 4.97. The number of rotatable bonds is 4. The molecule has 0 bridgehead atoms. The number of hydrogen-bond acceptors (Lipinski definition) is 2. The summed E-state index contributed by atoms with van der Waals surface area (Å²) in [6.45, 7) is -0.302. The lowest BCUT2D eigenvalue weighted by Crippen LogP contribution is -2.28. The van der Waals surface area contributed by atoms with E-state index in [2.05, 4.69) is 5.32 Å². The first-order chi connectivity index (χ1) is 11.2. The van der Waals surface area contributed by atoms with Crippen LogP contribution in [-0.4, -0.2) is 17.6 Å². The molecule has 0 heterocycles. The van der Waals surface area contributed by atoms with Crippen LogP contribution in [0.4, 0.5) is 22.0 Å². The molecule has 3 nitrogen and oxygen atoms in total. The van der Waals surface area contributed by atoms with Crippen molar-refractivity contribution in [1.82, 2.24) is 5.32 Å². The molecular weight excluding hydrogens is 333 g/mol. The normalized spacial score (nSPS) is 12.8. The molecule has 0 saturated heterocycles. The number of aliphatic hydroxyl groups excluding tert-OH is 1. The Morgan fingerprint density at radius 2 is 1.71 bits per heavy atom. The van der Waals surface area contributed by atoms with E-state index in [0.29, 0.717) is 17.7 Å². The van der Waals surface area contributed by atoms with E-state index in [4.69, 9.17) is 0 Å². The fourth-order valence-electron chi connectivity index (χ4n) is 1.98. The van der Waals surface area contributed by atoms with Crippen LogP contribution in [0.1, 0.15) is 27.6 Å². The molecule has 0 saturated carbocycles. The molecular formula is C16H12F5NO2. The van der Waals surface area contributed by atoms with Crippen LogP contribution in [-0.2, 0) is 6.18 Å². The van der Waals surface area contributed by atoms with E-state index in [1.807, 2.05) is 0 Å². The Labute approximate surface area is 133 Å². The molecule has 128 valence electrons. The first-order valence-electron chi connectivity index (χ1n) is 6.77. The molecule has 0 radical (unpaired) electrons. The van der Waals surface area contributed by atoms with Crippen LogP contribution in [0.3, 0.4) is 0 Å². The first kappa shape index (κ1) is 17.9. The lowest BCUT2D eigenvalue weighted by atomic mass is 10.1. The molecule has 8 heteroatoms. The average Bonchev–Trinajstić information content (AvgIpc) is 2.52. The minimum Gasteiger partial charge on any atom is -0.387 e. The summed E-state index contributed by atoms with van der Waals surface area (Å²) in [4.78, 5) is 11.9. The van der Waals surface area contributed by atoms with Gasteiger partial charge in [0.15, 0.2) is 0 Å². The second-order valence-corrected chi connectivity index (χ2v) is 4.97. The summed E-state index contributed by atoms with van der Waals surface area (Å²) in [5, 5.41) is 12.1. The van der Waals surface area contributed by atoms with E-state index >= 15 is 0 Å². The zero-order valence-electron chi connectivity index (χ0n) is 12.1. The van der Waals surface area contributed by atoms with Crippen molar-refractivity contribution in [1.29, 1.82) is 0 Å². The highest BCUT2D eigenvalue weighted by atomic mass is 19.4. The van der Waals surface area contributed by atoms with Gasteiger partial charge in [-0.1, -0.05) is 12.1 Å². The lowest BCUT2D eigenvalue weighted by Gasteiger charge is -2.13. The van der Waals surface area contributed by atoms with E-state index in [1.54, 1.807) is 0 Å². The summed E-state index contributed by atoms with van der Waals surface area (Å²) in [5.74, 6) is -2.88. The molecule has 0 aliphatic carbocycles. The smallest absolute Gasteiger partial charge is 0.387 e. The van der Waals surface area contributed by atoms with E-state index in [0.717, 1.165) is 18.2 Å². The molecule has 1 unspecified atom stereocenters. The van der Waals surface area contributed by atoms with Gasteiger partial charge >= 0.3 is 6.18 Å². The van der Waals surface area contributed by atoms with Crippen molar-refractivity contribution >= 4 is 5.91 Å². The fraction of sp³-hybridized carbons (Fsp3) is 0.188. The number of carbonyl (C=O) groups excluding carboxylic acids is 1. The number of halogens is 5. The maximum absolute atomic E-state index is 13.2. The van der Waals surface area contributed by atoms with Gasteiger partial charge in [0.05, 0.1) is 11.7 Å². The summed E-state index contributed by atoms with van der Waals surface area (Å²) in [6, 6.07) is 6.72. The Hall–Kier alpha value is -2.48. The third-order valence-corrected chi connectivity index (χ3v) is 3.24. The van der Waals surface area contributed by atoms with Crippen molar-refractivity contribution in [3.63, 3.8) is 0 Å². The van der Waals surface area contributed by atoms with Crippen molar-refractivity contribution in [2.45, 2.75) is 12.3 Å². The van der Waals surface area contributed by atoms with Crippen LogP contribution in [0.2, 0.25) is 0 Å². The standard InChI is InChI=1S/C16H12F5NO2/c17-11-4-1-9(2-5-11)14(23)8-22-15(24)10-3-6-13(18)12(7-10)16(19,20)21/h1-7,14,23H,8H2,(H,22,24). The van der Waals surface area contributed by atoms with Gasteiger partial charge in [0.25, 0.3) is 5.91 Å². The molecule has 2 aromatic rings. The van der Waals surface area contributed by atoms with E-state index in [-0.39, 0.29) is 6.54 Å². The maximum Gasteiger partial charge on any atom is 0.419 e. The predicted molar refractivity (Wildman–Crippen MR) is 75.1 cm³/mol. The Morgan fingerprint density at radius 3 is 2.29 bits per heavy atom. The molecule has 2 aromatic carbocycles. The highest BCUT2D eigenvalue weighted by molar-refractivity contribution is 5.94. The van der Waals surface area contributed by atoms with E-state index < -0.39 is 40.9 Å². The van der Waals surface area contributed by atoms with Gasteiger partial charge in [-0.2, -0.15) is 13.2 Å². The molecule has 2 N–H and O–H groups in total. The monoisotopic (exact) mass is 345 g/mol. The van der Waals surface area contributed by atoms with Crippen molar-refractivity contribution in [2.75, 3.05) is 6.54 Å². The molecule has 0 fully saturated rings. The zero-order chi connectivity index (χ0) is 17.9. The van der Waals surface area contributed by atoms with Crippen molar-refractivity contribution in [2.24, 2.45) is 0 Å². The number of aliphatic hydroxyl groups is 1. The average molecular weight is 345 g/mol. The van der Waals surface area contributed by atoms with E-state index in [1.165, 1.54) is 12.1 Å². The zero-order valence-corrected chi connectivity index (χ0v) is 12.1. The molecule has 0 spiro atoms. The summed E-state index contributed by atoms with van der Waals surface area (Å²) < 4.78 is 63.8. The topological polar surface area (TPSA) is 49.3 Å². The minimum absolute atomic E-state index is 0.302. The number of alkyl halides is 3. The van der Waals surface area contributed by atoms with Crippen LogP contribution < -0.4 is 5.32 Å². The third-order valence-electron chi connectivity index (χ3n) is 3.24. The quantitative estimate of drug-likeness (QED) is 0.834. The molecule has 24 heavy (non-hydrogen) atoms. The van der Waals surface area contributed by atoms with Crippen molar-refractivity contribution < 1.29 is 31.9 Å². The van der Waals surface area contributed by atoms with Gasteiger partial charge in [-0.25, -0.2) is 8.78 Å². The first-order valence-corrected chi connectivity index (χ1v) is 6.77. The van der Waals surface area contributed by atoms with Gasteiger partial charge in [-0.05, 0) is 35.9 Å². The van der Waals surface area contributed by atoms with Gasteiger partial charge in [-0.15, -0.1) is 0 Å². The SMILES string of the molecule is O=C(NCC(O)c1ccc(F)cc1)c1ccc(F)c(C(F)(F)F)c1. The Kier molecular flexibility index (Phi) is 5.18. The van der Waals surface area contributed by atoms with Crippen molar-refractivity contribution in [3.8, 4) is 0 Å². The summed E-state index contributed by atoms with van der Waals surface area (Å²) in [5.41, 5.74) is -1.61. The molecule has 0 aliphatic heterocycles. The van der Waals surface area contributed by atoms with Crippen LogP contribution in [0.15, 0.2) is 42.5 Å². The Morgan fingerprint density at radius 1 is 1.08 bits per heavy atom. The molecule has 1 amide bonds. The number of hydrogen-bond donors (Lipinski definition) is 2. The fourth-order valence-corrected chi connectivity index (χ4v) is 1.98. The van der Waals surface area contributed by atoms with Crippen molar-refractivity contribution in [3.05, 3.63) is 70.8 Å². The number of amides is 1. The van der Waals surface area contributed by atoms with E-state index in [9.17, 15) is 31.9 Å². The molecule has 0 aliphatic rings. The van der Waals surface area contributed by atoms with Crippen LogP contribution in [0, 0.1) is 11.6 Å². The highest BCUT2D eigenvalue weighted by Gasteiger charge is 2.34. The lowest BCUT2D eigenvalue weighted by molar-refractivity contribution is -0.140. The largest absolute Gasteiger partial charge is 0.419 e. The van der Waals surface area contributed by atoms with Crippen LogP contribution >= 0.6 is 0 Å². The second kappa shape index (κ2) is 6.96. The van der Waals surface area contributed by atoms with Gasteiger partial charge < -0.3 is 10.4 Å². The number of carbonyl (C=O) groups is 1. The maximum atomic E-state index is 13.2. The third kappa shape index (κ3) is 4.29. The molecule has 1 atom stereocenters. The molecule has 2 rings (SSSR count). The van der Waals surface area contributed by atoms with Gasteiger partial charge in [-0.3, -0.25) is 4.79 Å². The van der Waals surface area contributed by atoms with Crippen LogP contribution in [0.25, 0.3) is 0 Å². The molecule has 0 aromatic heterocycles.